The van der Waals surface area contributed by atoms with Crippen LogP contribution in [0.15, 0.2) is 53.0 Å². The van der Waals surface area contributed by atoms with Gasteiger partial charge in [0.15, 0.2) is 0 Å². The molecule has 2 aromatic carbocycles. The Balaban J connectivity index is 2.29. The van der Waals surface area contributed by atoms with Gasteiger partial charge in [0, 0.05) is 10.2 Å². The first-order chi connectivity index (χ1) is 11.2. The molecule has 128 valence electrons. The van der Waals surface area contributed by atoms with Crippen molar-refractivity contribution in [2.45, 2.75) is 19.9 Å². The molecule has 0 spiro atoms. The molecule has 0 saturated heterocycles. The molecular weight excluding hydrogens is 392 g/mol. The minimum atomic E-state index is -3.61. The fourth-order valence-electron chi connectivity index (χ4n) is 2.35. The highest BCUT2D eigenvalue weighted by atomic mass is 79.9. The van der Waals surface area contributed by atoms with Crippen molar-refractivity contribution in [1.82, 2.24) is 0 Å². The SMILES string of the molecule is Cc1cccc(N([C@H](C)C(=O)Nc2ccc(Br)cc2)S(C)(=O)=O)c1. The Morgan fingerprint density at radius 2 is 1.79 bits per heavy atom. The molecule has 5 nitrogen and oxygen atoms in total. The van der Waals surface area contributed by atoms with Crippen molar-refractivity contribution in [3.8, 4) is 0 Å². The van der Waals surface area contributed by atoms with Crippen LogP contribution < -0.4 is 9.62 Å². The summed E-state index contributed by atoms with van der Waals surface area (Å²) in [6, 6.07) is 13.3. The Hall–Kier alpha value is -1.86. The van der Waals surface area contributed by atoms with Crippen LogP contribution in [0.4, 0.5) is 11.4 Å². The Kier molecular flexibility index (Phi) is 5.66. The standard InChI is InChI=1S/C17H19BrN2O3S/c1-12-5-4-6-16(11-12)20(24(3,22)23)13(2)17(21)19-15-9-7-14(18)8-10-15/h4-11,13H,1-3H3,(H,19,21)/t13-/m1/s1. The Labute approximate surface area is 150 Å². The molecule has 24 heavy (non-hydrogen) atoms. The topological polar surface area (TPSA) is 66.5 Å². The highest BCUT2D eigenvalue weighted by molar-refractivity contribution is 9.10. The average molecular weight is 411 g/mol. The quantitative estimate of drug-likeness (QED) is 0.819. The van der Waals surface area contributed by atoms with Crippen LogP contribution in [0.25, 0.3) is 0 Å². The van der Waals surface area contributed by atoms with Gasteiger partial charge in [-0.25, -0.2) is 8.42 Å². The predicted octanol–water partition coefficient (Wildman–Crippen LogP) is 3.55. The number of carbonyl (C=O) groups excluding carboxylic acids is 1. The first kappa shape index (κ1) is 18.5. The highest BCUT2D eigenvalue weighted by Gasteiger charge is 2.29. The minimum Gasteiger partial charge on any atom is -0.324 e. The number of rotatable bonds is 5. The van der Waals surface area contributed by atoms with E-state index in [1.165, 1.54) is 0 Å². The van der Waals surface area contributed by atoms with Gasteiger partial charge >= 0.3 is 0 Å². The third-order valence-corrected chi connectivity index (χ3v) is 5.23. The van der Waals surface area contributed by atoms with Crippen molar-refractivity contribution in [1.29, 1.82) is 0 Å². The van der Waals surface area contributed by atoms with Gasteiger partial charge in [-0.05, 0) is 55.8 Å². The third kappa shape index (κ3) is 4.58. The number of anilines is 2. The number of hydrogen-bond donors (Lipinski definition) is 1. The summed E-state index contributed by atoms with van der Waals surface area (Å²) in [5.74, 6) is -0.399. The summed E-state index contributed by atoms with van der Waals surface area (Å²) in [4.78, 5) is 12.5. The number of hydrogen-bond acceptors (Lipinski definition) is 3. The van der Waals surface area contributed by atoms with Gasteiger partial charge in [0.05, 0.1) is 11.9 Å². The van der Waals surface area contributed by atoms with E-state index in [1.807, 2.05) is 13.0 Å². The summed E-state index contributed by atoms with van der Waals surface area (Å²) in [6.45, 7) is 3.44. The number of halogens is 1. The normalized spacial score (nSPS) is 12.5. The molecule has 0 fully saturated rings. The Morgan fingerprint density at radius 1 is 1.17 bits per heavy atom. The van der Waals surface area contributed by atoms with Gasteiger partial charge < -0.3 is 5.32 Å². The number of benzene rings is 2. The summed E-state index contributed by atoms with van der Waals surface area (Å²) >= 11 is 3.33. The van der Waals surface area contributed by atoms with Crippen molar-refractivity contribution in [3.05, 3.63) is 58.6 Å². The minimum absolute atomic E-state index is 0.399. The molecule has 2 aromatic rings. The summed E-state index contributed by atoms with van der Waals surface area (Å²) < 4.78 is 26.5. The number of amides is 1. The second kappa shape index (κ2) is 7.36. The van der Waals surface area contributed by atoms with Gasteiger partial charge in [-0.3, -0.25) is 9.10 Å². The molecule has 0 unspecified atom stereocenters. The molecule has 2 rings (SSSR count). The predicted molar refractivity (Wildman–Crippen MR) is 101 cm³/mol. The van der Waals surface area contributed by atoms with Crippen LogP contribution in [0.1, 0.15) is 12.5 Å². The van der Waals surface area contributed by atoms with Crippen molar-refractivity contribution in [2.75, 3.05) is 15.9 Å². The first-order valence-electron chi connectivity index (χ1n) is 7.31. The molecular formula is C17H19BrN2O3S. The number of aryl methyl sites for hydroxylation is 1. The Bertz CT molecular complexity index is 835. The van der Waals surface area contributed by atoms with E-state index in [9.17, 15) is 13.2 Å². The molecule has 1 N–H and O–H groups in total. The van der Waals surface area contributed by atoms with Gasteiger partial charge in [-0.2, -0.15) is 0 Å². The van der Waals surface area contributed by atoms with E-state index in [1.54, 1.807) is 49.4 Å². The van der Waals surface area contributed by atoms with Gasteiger partial charge in [0.2, 0.25) is 15.9 Å². The first-order valence-corrected chi connectivity index (χ1v) is 9.95. The summed E-state index contributed by atoms with van der Waals surface area (Å²) in [5, 5.41) is 2.74. The summed E-state index contributed by atoms with van der Waals surface area (Å²) in [7, 11) is -3.61. The summed E-state index contributed by atoms with van der Waals surface area (Å²) in [6.07, 6.45) is 1.10. The molecule has 1 atom stereocenters. The third-order valence-electron chi connectivity index (χ3n) is 3.46. The van der Waals surface area contributed by atoms with E-state index in [4.69, 9.17) is 0 Å². The van der Waals surface area contributed by atoms with Crippen LogP contribution in [0.3, 0.4) is 0 Å². The fraction of sp³-hybridized carbons (Fsp3) is 0.235. The van der Waals surface area contributed by atoms with Crippen LogP contribution in [0.5, 0.6) is 0 Å². The van der Waals surface area contributed by atoms with Crippen LogP contribution in [0.2, 0.25) is 0 Å². The smallest absolute Gasteiger partial charge is 0.247 e. The van der Waals surface area contributed by atoms with E-state index >= 15 is 0 Å². The van der Waals surface area contributed by atoms with Gasteiger partial charge in [-0.15, -0.1) is 0 Å². The average Bonchev–Trinajstić information content (AvgIpc) is 2.48. The molecule has 0 saturated carbocycles. The van der Waals surface area contributed by atoms with E-state index in [0.717, 1.165) is 20.6 Å². The second-order valence-corrected chi connectivity index (χ2v) is 8.35. The van der Waals surface area contributed by atoms with Gasteiger partial charge in [-0.1, -0.05) is 28.1 Å². The molecule has 0 radical (unpaired) electrons. The molecule has 0 bridgehead atoms. The Morgan fingerprint density at radius 3 is 2.33 bits per heavy atom. The molecule has 1 amide bonds. The number of sulfonamides is 1. The molecule has 0 aliphatic heterocycles. The monoisotopic (exact) mass is 410 g/mol. The maximum atomic E-state index is 12.5. The van der Waals surface area contributed by atoms with Gasteiger partial charge in [0.25, 0.3) is 0 Å². The largest absolute Gasteiger partial charge is 0.324 e. The summed E-state index contributed by atoms with van der Waals surface area (Å²) in [5.41, 5.74) is 1.99. The lowest BCUT2D eigenvalue weighted by molar-refractivity contribution is -0.116. The maximum Gasteiger partial charge on any atom is 0.247 e. The van der Waals surface area contributed by atoms with E-state index in [0.29, 0.717) is 11.4 Å². The lowest BCUT2D eigenvalue weighted by Crippen LogP contribution is -2.45. The number of nitrogens with zero attached hydrogens (tertiary/aromatic N) is 1. The molecule has 7 heteroatoms. The molecule has 0 heterocycles. The number of carbonyl (C=O) groups is 1. The molecule has 0 aliphatic carbocycles. The molecule has 0 aliphatic rings. The van der Waals surface area contributed by atoms with E-state index in [2.05, 4.69) is 21.2 Å². The van der Waals surface area contributed by atoms with Crippen molar-refractivity contribution in [2.24, 2.45) is 0 Å². The number of nitrogens with one attached hydrogen (secondary N) is 1. The second-order valence-electron chi connectivity index (χ2n) is 5.57. The lowest BCUT2D eigenvalue weighted by Gasteiger charge is -2.28. The van der Waals surface area contributed by atoms with Crippen LogP contribution in [0, 0.1) is 6.92 Å². The van der Waals surface area contributed by atoms with Crippen LogP contribution >= 0.6 is 15.9 Å². The van der Waals surface area contributed by atoms with E-state index in [-0.39, 0.29) is 0 Å². The lowest BCUT2D eigenvalue weighted by atomic mass is 10.2. The zero-order valence-corrected chi connectivity index (χ0v) is 16.1. The van der Waals surface area contributed by atoms with Crippen molar-refractivity contribution >= 4 is 43.2 Å². The molecule has 0 aromatic heterocycles. The van der Waals surface area contributed by atoms with Crippen molar-refractivity contribution in [3.63, 3.8) is 0 Å². The van der Waals surface area contributed by atoms with E-state index < -0.39 is 22.0 Å². The zero-order chi connectivity index (χ0) is 17.9. The van der Waals surface area contributed by atoms with Gasteiger partial charge in [0.1, 0.15) is 6.04 Å². The fourth-order valence-corrected chi connectivity index (χ4v) is 3.78. The van der Waals surface area contributed by atoms with Crippen LogP contribution in [-0.2, 0) is 14.8 Å². The van der Waals surface area contributed by atoms with Crippen molar-refractivity contribution < 1.29 is 13.2 Å². The maximum absolute atomic E-state index is 12.5. The zero-order valence-electron chi connectivity index (χ0n) is 13.7. The van der Waals surface area contributed by atoms with Crippen LogP contribution in [-0.4, -0.2) is 26.6 Å². The highest BCUT2D eigenvalue weighted by Crippen LogP contribution is 2.23.